The predicted octanol–water partition coefficient (Wildman–Crippen LogP) is 15.3. The van der Waals surface area contributed by atoms with Gasteiger partial charge >= 0.3 is 0 Å². The second kappa shape index (κ2) is 14.7. The Bertz CT molecular complexity index is 3970. The molecule has 3 aromatic heterocycles. The van der Waals surface area contributed by atoms with E-state index in [0.717, 1.165) is 44.2 Å². The monoisotopic (exact) mass is 799 g/mol. The van der Waals surface area contributed by atoms with E-state index in [9.17, 15) is 5.48 Å². The summed E-state index contributed by atoms with van der Waals surface area (Å²) >= 11 is 0. The van der Waals surface area contributed by atoms with Crippen LogP contribution in [-0.2, 0) is 0 Å². The standard InChI is InChI=1S/C57H35N3O2/c1-4-14-36(15-5-1)38-28-30-40(31-29-38)55-58-56(60-57(59-55)49-26-12-25-47-46-24-11-23-45(53(46)62-54(47)49)39-18-8-3-9-19-39)43-32-33-48-51(35-43)61-50-27-13-22-44(52(48)50)42-21-10-20-41(34-42)37-16-6-2-7-17-37/h1-35H/i13D,22D,27D,32D,33D,35D. The van der Waals surface area contributed by atoms with Gasteiger partial charge in [0.05, 0.1) is 13.8 Å². The molecule has 0 fully saturated rings. The quantitative estimate of drug-likeness (QED) is 0.161. The molecule has 12 rings (SSSR count). The molecule has 0 N–H and O–H groups in total. The first kappa shape index (κ1) is 29.7. The molecule has 9 aromatic carbocycles. The largest absolute Gasteiger partial charge is 0.456 e. The van der Waals surface area contributed by atoms with E-state index in [1.165, 1.54) is 0 Å². The Morgan fingerprint density at radius 2 is 0.887 bits per heavy atom. The van der Waals surface area contributed by atoms with E-state index in [0.29, 0.717) is 27.9 Å². The second-order valence-corrected chi connectivity index (χ2v) is 15.0. The van der Waals surface area contributed by atoms with E-state index in [-0.39, 0.29) is 86.8 Å². The minimum absolute atomic E-state index is 0.0367. The molecule has 0 aliphatic heterocycles. The molecule has 0 atom stereocenters. The number of hydrogen-bond acceptors (Lipinski definition) is 5. The van der Waals surface area contributed by atoms with Gasteiger partial charge in [-0.15, -0.1) is 0 Å². The molecule has 290 valence electrons. The fourth-order valence-electron chi connectivity index (χ4n) is 8.28. The molecular formula is C57H35N3O2. The van der Waals surface area contributed by atoms with Crippen molar-refractivity contribution in [2.45, 2.75) is 0 Å². The van der Waals surface area contributed by atoms with E-state index < -0.39 is 0 Å². The third-order valence-corrected chi connectivity index (χ3v) is 11.3. The van der Waals surface area contributed by atoms with Crippen molar-refractivity contribution in [3.05, 3.63) is 212 Å². The molecule has 0 amide bonds. The van der Waals surface area contributed by atoms with Crippen molar-refractivity contribution in [3.63, 3.8) is 0 Å². The SMILES string of the molecule is [2H]c1c([2H])c(-c2cccc(-c3ccccc3)c2)c2c(oc3c([2H])c(-c4nc(-c5ccc(-c6ccccc6)cc5)nc(-c5cccc6c5oc5c(-c7ccccc7)cccc56)n4)c([2H])c([2H])c32)c1[2H]. The van der Waals surface area contributed by atoms with Gasteiger partial charge < -0.3 is 8.83 Å². The van der Waals surface area contributed by atoms with Crippen molar-refractivity contribution >= 4 is 43.9 Å². The summed E-state index contributed by atoms with van der Waals surface area (Å²) in [5, 5.41) is 2.08. The fourth-order valence-corrected chi connectivity index (χ4v) is 8.28. The van der Waals surface area contributed by atoms with Crippen molar-refractivity contribution in [1.29, 1.82) is 0 Å². The van der Waals surface area contributed by atoms with Crippen LogP contribution in [-0.4, -0.2) is 15.0 Å². The molecule has 12 aromatic rings. The Morgan fingerprint density at radius 1 is 0.339 bits per heavy atom. The zero-order chi connectivity index (χ0) is 46.2. The number of aromatic nitrogens is 3. The molecule has 0 spiro atoms. The second-order valence-electron chi connectivity index (χ2n) is 15.0. The predicted molar refractivity (Wildman–Crippen MR) is 252 cm³/mol. The topological polar surface area (TPSA) is 65.0 Å². The maximum absolute atomic E-state index is 9.76. The van der Waals surface area contributed by atoms with E-state index in [2.05, 4.69) is 0 Å². The number of hydrogen-bond donors (Lipinski definition) is 0. The Hall–Kier alpha value is -8.41. The first-order chi connectivity index (χ1) is 33.2. The van der Waals surface area contributed by atoms with Crippen LogP contribution in [0.2, 0.25) is 0 Å². The molecule has 5 heteroatoms. The zero-order valence-corrected chi connectivity index (χ0v) is 32.9. The molecular weight excluding hydrogens is 759 g/mol. The molecule has 5 nitrogen and oxygen atoms in total. The maximum atomic E-state index is 9.76. The highest BCUT2D eigenvalue weighted by atomic mass is 16.3. The van der Waals surface area contributed by atoms with E-state index in [1.54, 1.807) is 0 Å². The molecule has 0 radical (unpaired) electrons. The van der Waals surface area contributed by atoms with Crippen molar-refractivity contribution in [3.8, 4) is 78.7 Å². The summed E-state index contributed by atoms with van der Waals surface area (Å²) in [7, 11) is 0. The summed E-state index contributed by atoms with van der Waals surface area (Å²) in [6, 6.07) is 55.1. The summed E-state index contributed by atoms with van der Waals surface area (Å²) in [4.78, 5) is 15.0. The summed E-state index contributed by atoms with van der Waals surface area (Å²) < 4.78 is 69.2. The van der Waals surface area contributed by atoms with E-state index in [4.69, 9.17) is 26.5 Å². The van der Waals surface area contributed by atoms with E-state index >= 15 is 0 Å². The third-order valence-electron chi connectivity index (χ3n) is 11.3. The number of furan rings is 2. The minimum atomic E-state index is -0.360. The van der Waals surface area contributed by atoms with Crippen molar-refractivity contribution in [1.82, 2.24) is 15.0 Å². The zero-order valence-electron chi connectivity index (χ0n) is 38.9. The normalized spacial score (nSPS) is 12.9. The lowest BCUT2D eigenvalue weighted by Crippen LogP contribution is -2.00. The molecule has 3 heterocycles. The first-order valence-corrected chi connectivity index (χ1v) is 20.3. The number of para-hydroxylation sites is 2. The van der Waals surface area contributed by atoms with Gasteiger partial charge in [-0.3, -0.25) is 0 Å². The average molecular weight is 800 g/mol. The van der Waals surface area contributed by atoms with Gasteiger partial charge in [0.2, 0.25) is 0 Å². The highest BCUT2D eigenvalue weighted by Gasteiger charge is 2.21. The van der Waals surface area contributed by atoms with Crippen LogP contribution in [0, 0.1) is 0 Å². The molecule has 0 saturated heterocycles. The molecule has 62 heavy (non-hydrogen) atoms. The van der Waals surface area contributed by atoms with Gasteiger partial charge in [-0.2, -0.15) is 0 Å². The van der Waals surface area contributed by atoms with Crippen LogP contribution in [0.1, 0.15) is 8.22 Å². The van der Waals surface area contributed by atoms with Crippen LogP contribution in [0.25, 0.3) is 123 Å². The summed E-state index contributed by atoms with van der Waals surface area (Å²) in [5.74, 6) is 0.458. The smallest absolute Gasteiger partial charge is 0.167 e. The lowest BCUT2D eigenvalue weighted by Gasteiger charge is -2.10. The number of fused-ring (bicyclic) bond motifs is 6. The van der Waals surface area contributed by atoms with Crippen LogP contribution in [0.5, 0.6) is 0 Å². The van der Waals surface area contributed by atoms with Crippen LogP contribution in [0.15, 0.2) is 221 Å². The Kier molecular flexibility index (Phi) is 7.05. The number of rotatable bonds is 7. The Morgan fingerprint density at radius 3 is 1.61 bits per heavy atom. The number of nitrogens with zero attached hydrogens (tertiary/aromatic N) is 3. The van der Waals surface area contributed by atoms with Gasteiger partial charge in [0, 0.05) is 38.2 Å². The van der Waals surface area contributed by atoms with Crippen LogP contribution < -0.4 is 0 Å². The lowest BCUT2D eigenvalue weighted by molar-refractivity contribution is 0.669. The Labute approximate surface area is 365 Å². The molecule has 0 saturated carbocycles. The Balaban J connectivity index is 1.09. The highest BCUT2D eigenvalue weighted by molar-refractivity contribution is 6.14. The third kappa shape index (κ3) is 6.14. The molecule has 0 aliphatic rings. The van der Waals surface area contributed by atoms with Gasteiger partial charge in [0.15, 0.2) is 17.5 Å². The van der Waals surface area contributed by atoms with Gasteiger partial charge in [-0.25, -0.2) is 15.0 Å². The van der Waals surface area contributed by atoms with Gasteiger partial charge in [-0.1, -0.05) is 182 Å². The summed E-state index contributed by atoms with van der Waals surface area (Å²) in [6.45, 7) is 0. The maximum Gasteiger partial charge on any atom is 0.167 e. The van der Waals surface area contributed by atoms with Gasteiger partial charge in [0.25, 0.3) is 0 Å². The first-order valence-electron chi connectivity index (χ1n) is 23.3. The minimum Gasteiger partial charge on any atom is -0.456 e. The molecule has 0 unspecified atom stereocenters. The van der Waals surface area contributed by atoms with E-state index in [1.807, 2.05) is 176 Å². The fraction of sp³-hybridized carbons (Fsp3) is 0. The number of benzene rings is 9. The average Bonchev–Trinajstić information content (AvgIpc) is 3.99. The van der Waals surface area contributed by atoms with Gasteiger partial charge in [-0.05, 0) is 69.2 Å². The highest BCUT2D eigenvalue weighted by Crippen LogP contribution is 2.42. The van der Waals surface area contributed by atoms with Crippen molar-refractivity contribution < 1.29 is 17.1 Å². The van der Waals surface area contributed by atoms with Crippen LogP contribution in [0.4, 0.5) is 0 Å². The summed E-state index contributed by atoms with van der Waals surface area (Å²) in [5.41, 5.74) is 8.87. The summed E-state index contributed by atoms with van der Waals surface area (Å²) in [6.07, 6.45) is 0. The van der Waals surface area contributed by atoms with Gasteiger partial charge in [0.1, 0.15) is 22.3 Å². The van der Waals surface area contributed by atoms with Crippen molar-refractivity contribution in [2.24, 2.45) is 0 Å². The lowest BCUT2D eigenvalue weighted by atomic mass is 9.96. The van der Waals surface area contributed by atoms with Crippen LogP contribution in [0.3, 0.4) is 0 Å². The van der Waals surface area contributed by atoms with Crippen molar-refractivity contribution in [2.75, 3.05) is 0 Å². The molecule has 0 bridgehead atoms. The molecule has 0 aliphatic carbocycles. The van der Waals surface area contributed by atoms with Crippen LogP contribution >= 0.6 is 0 Å².